The molecule has 0 aliphatic heterocycles. The average molecular weight is 537 g/mol. The summed E-state index contributed by atoms with van der Waals surface area (Å²) >= 11 is 0. The molecule has 0 saturated heterocycles. The van der Waals surface area contributed by atoms with Gasteiger partial charge in [0.25, 0.3) is 5.69 Å². The SMILES string of the molecule is O=C(NCCOCCOCCOCCOC(=O)Oc1ccc([N+](=O)[O-])cc1)OCC1[C@H]2CC/C=C\CC[C@@H]12. The van der Waals surface area contributed by atoms with Crippen LogP contribution in [0.15, 0.2) is 36.4 Å². The summed E-state index contributed by atoms with van der Waals surface area (Å²) in [5.41, 5.74) is -0.105. The van der Waals surface area contributed by atoms with Gasteiger partial charge in [-0.3, -0.25) is 10.1 Å². The number of rotatable bonds is 16. The zero-order chi connectivity index (χ0) is 27.0. The van der Waals surface area contributed by atoms with Crippen molar-refractivity contribution in [2.45, 2.75) is 25.7 Å². The lowest BCUT2D eigenvalue weighted by Gasteiger charge is -2.09. The molecule has 3 atom stereocenters. The van der Waals surface area contributed by atoms with Crippen molar-refractivity contribution in [2.24, 2.45) is 17.8 Å². The second-order valence-electron chi connectivity index (χ2n) is 8.93. The van der Waals surface area contributed by atoms with Gasteiger partial charge < -0.3 is 33.7 Å². The Labute approximate surface area is 221 Å². The number of nitrogens with zero attached hydrogens (tertiary/aromatic N) is 1. The van der Waals surface area contributed by atoms with Crippen molar-refractivity contribution in [1.82, 2.24) is 5.32 Å². The molecule has 1 fully saturated rings. The van der Waals surface area contributed by atoms with Crippen LogP contribution in [0.1, 0.15) is 25.7 Å². The second-order valence-corrected chi connectivity index (χ2v) is 8.93. The van der Waals surface area contributed by atoms with E-state index in [0.29, 0.717) is 63.9 Å². The van der Waals surface area contributed by atoms with Crippen LogP contribution in [-0.4, -0.2) is 76.6 Å². The van der Waals surface area contributed by atoms with Crippen LogP contribution in [0, 0.1) is 27.9 Å². The molecule has 1 aromatic carbocycles. The van der Waals surface area contributed by atoms with Crippen molar-refractivity contribution in [3.63, 3.8) is 0 Å². The van der Waals surface area contributed by atoms with E-state index in [1.165, 1.54) is 37.1 Å². The quantitative estimate of drug-likeness (QED) is 0.0825. The number of benzene rings is 1. The molecule has 1 amide bonds. The zero-order valence-electron chi connectivity index (χ0n) is 21.4. The molecule has 1 aromatic rings. The van der Waals surface area contributed by atoms with Crippen LogP contribution in [-0.2, 0) is 23.7 Å². The van der Waals surface area contributed by atoms with Gasteiger partial charge in [-0.1, -0.05) is 12.2 Å². The number of alkyl carbamates (subject to hydrolysis) is 1. The summed E-state index contributed by atoms with van der Waals surface area (Å²) in [6.07, 6.45) is 7.82. The molecule has 0 radical (unpaired) electrons. The molecule has 12 nitrogen and oxygen atoms in total. The maximum Gasteiger partial charge on any atom is 0.513 e. The van der Waals surface area contributed by atoms with Crippen molar-refractivity contribution in [1.29, 1.82) is 0 Å². The van der Waals surface area contributed by atoms with Gasteiger partial charge in [0.1, 0.15) is 12.4 Å². The number of carbonyl (C=O) groups excluding carboxylic acids is 2. The molecule has 3 rings (SSSR count). The molecule has 0 aromatic heterocycles. The van der Waals surface area contributed by atoms with Gasteiger partial charge in [-0.25, -0.2) is 9.59 Å². The number of nitro groups is 1. The maximum atomic E-state index is 11.9. The van der Waals surface area contributed by atoms with Crippen molar-refractivity contribution in [3.8, 4) is 5.75 Å². The van der Waals surface area contributed by atoms with Crippen molar-refractivity contribution in [3.05, 3.63) is 46.5 Å². The molecule has 0 spiro atoms. The van der Waals surface area contributed by atoms with Gasteiger partial charge in [-0.05, 0) is 55.6 Å². The lowest BCUT2D eigenvalue weighted by molar-refractivity contribution is -0.384. The first-order chi connectivity index (χ1) is 18.5. The molecule has 1 saturated carbocycles. The van der Waals surface area contributed by atoms with E-state index in [4.69, 9.17) is 28.4 Å². The molecule has 12 heteroatoms. The summed E-state index contributed by atoms with van der Waals surface area (Å²) in [4.78, 5) is 33.5. The zero-order valence-corrected chi connectivity index (χ0v) is 21.4. The summed E-state index contributed by atoms with van der Waals surface area (Å²) in [7, 11) is 0. The number of non-ortho nitro benzene ring substituents is 1. The maximum absolute atomic E-state index is 11.9. The van der Waals surface area contributed by atoms with Gasteiger partial charge in [0.05, 0.1) is 51.2 Å². The predicted molar refractivity (Wildman–Crippen MR) is 135 cm³/mol. The van der Waals surface area contributed by atoms with Gasteiger partial charge in [-0.2, -0.15) is 0 Å². The van der Waals surface area contributed by atoms with E-state index in [1.807, 2.05) is 0 Å². The van der Waals surface area contributed by atoms with E-state index in [9.17, 15) is 19.7 Å². The molecule has 2 aliphatic rings. The Morgan fingerprint density at radius 2 is 1.42 bits per heavy atom. The third-order valence-corrected chi connectivity index (χ3v) is 6.37. The Hall–Kier alpha value is -3.22. The molecule has 2 aliphatic carbocycles. The lowest BCUT2D eigenvalue weighted by atomic mass is 10.1. The van der Waals surface area contributed by atoms with Crippen LogP contribution < -0.4 is 10.1 Å². The largest absolute Gasteiger partial charge is 0.513 e. The number of ether oxygens (including phenoxy) is 6. The Balaban J connectivity index is 1.05. The van der Waals surface area contributed by atoms with Gasteiger partial charge in [0.2, 0.25) is 0 Å². The third-order valence-electron chi connectivity index (χ3n) is 6.37. The standard InChI is InChI=1S/C26H36N2O10/c29-25(37-19-24-22-5-3-1-2-4-6-23(22)24)27-11-12-33-13-14-34-15-16-35-17-18-36-26(30)38-21-9-7-20(8-10-21)28(31)32/h1-2,7-10,22-24H,3-6,11-19H2,(H,27,29)/b2-1-/t22-,23+,24?. The Morgan fingerprint density at radius 3 is 2.03 bits per heavy atom. The fourth-order valence-corrected chi connectivity index (χ4v) is 4.38. The minimum absolute atomic E-state index is 0.0103. The summed E-state index contributed by atoms with van der Waals surface area (Å²) in [6.45, 7) is 2.81. The molecule has 38 heavy (non-hydrogen) atoms. The van der Waals surface area contributed by atoms with E-state index in [0.717, 1.165) is 12.8 Å². The number of carbonyl (C=O) groups is 2. The number of nitro benzene ring substituents is 1. The summed E-state index contributed by atoms with van der Waals surface area (Å²) in [5.74, 6) is 2.06. The van der Waals surface area contributed by atoms with Crippen molar-refractivity contribution < 1.29 is 42.9 Å². The number of amides is 1. The van der Waals surface area contributed by atoms with Crippen LogP contribution in [0.5, 0.6) is 5.75 Å². The van der Waals surface area contributed by atoms with Crippen molar-refractivity contribution in [2.75, 3.05) is 59.4 Å². The molecule has 0 heterocycles. The third kappa shape index (κ3) is 11.0. The summed E-state index contributed by atoms with van der Waals surface area (Å²) < 4.78 is 31.2. The van der Waals surface area contributed by atoms with E-state index >= 15 is 0 Å². The number of nitrogens with one attached hydrogen (secondary N) is 1. The highest BCUT2D eigenvalue weighted by atomic mass is 16.7. The van der Waals surface area contributed by atoms with Gasteiger partial charge in [0.15, 0.2) is 0 Å². The van der Waals surface area contributed by atoms with E-state index < -0.39 is 17.2 Å². The monoisotopic (exact) mass is 536 g/mol. The van der Waals surface area contributed by atoms with Gasteiger partial charge in [-0.15, -0.1) is 0 Å². The normalized spacial score (nSPS) is 20.8. The topological polar surface area (TPSA) is 145 Å². The van der Waals surface area contributed by atoms with Crippen molar-refractivity contribution >= 4 is 17.9 Å². The van der Waals surface area contributed by atoms with E-state index in [1.54, 1.807) is 0 Å². The summed E-state index contributed by atoms with van der Waals surface area (Å²) in [5, 5.41) is 13.3. The van der Waals surface area contributed by atoms with Crippen LogP contribution in [0.3, 0.4) is 0 Å². The van der Waals surface area contributed by atoms with E-state index in [2.05, 4.69) is 17.5 Å². The Kier molecular flexibility index (Phi) is 12.8. The second kappa shape index (κ2) is 16.6. The molecule has 1 unspecified atom stereocenters. The van der Waals surface area contributed by atoms with Gasteiger partial charge >= 0.3 is 12.2 Å². The highest BCUT2D eigenvalue weighted by Crippen LogP contribution is 2.52. The van der Waals surface area contributed by atoms with Crippen LogP contribution in [0.25, 0.3) is 0 Å². The summed E-state index contributed by atoms with van der Waals surface area (Å²) in [6, 6.07) is 5.07. The Morgan fingerprint density at radius 1 is 0.842 bits per heavy atom. The average Bonchev–Trinajstić information content (AvgIpc) is 3.54. The number of allylic oxidation sites excluding steroid dienone is 2. The van der Waals surface area contributed by atoms with E-state index in [-0.39, 0.29) is 24.7 Å². The highest BCUT2D eigenvalue weighted by molar-refractivity contribution is 5.67. The lowest BCUT2D eigenvalue weighted by Crippen LogP contribution is -2.29. The highest BCUT2D eigenvalue weighted by Gasteiger charge is 2.49. The van der Waals surface area contributed by atoms with Crippen LogP contribution >= 0.6 is 0 Å². The number of hydrogen-bond acceptors (Lipinski definition) is 10. The van der Waals surface area contributed by atoms with Crippen LogP contribution in [0.2, 0.25) is 0 Å². The van der Waals surface area contributed by atoms with Gasteiger partial charge in [0, 0.05) is 18.7 Å². The smallest absolute Gasteiger partial charge is 0.449 e. The molecule has 1 N–H and O–H groups in total. The molecular formula is C26H36N2O10. The fraction of sp³-hybridized carbons (Fsp3) is 0.615. The molecule has 210 valence electrons. The number of fused-ring (bicyclic) bond motifs is 1. The minimum Gasteiger partial charge on any atom is -0.449 e. The first-order valence-corrected chi connectivity index (χ1v) is 12.9. The first-order valence-electron chi connectivity index (χ1n) is 12.9. The fourth-order valence-electron chi connectivity index (χ4n) is 4.38. The van der Waals surface area contributed by atoms with Crippen LogP contribution in [0.4, 0.5) is 15.3 Å². The molecule has 0 bridgehead atoms. The predicted octanol–water partition coefficient (Wildman–Crippen LogP) is 3.88. The minimum atomic E-state index is -0.928. The Bertz CT molecular complexity index is 892. The first kappa shape index (κ1) is 29.3. The number of hydrogen-bond donors (Lipinski definition) is 1. The molecular weight excluding hydrogens is 500 g/mol.